The molecular formula is C13H14INO2. The van der Waals surface area contributed by atoms with Crippen LogP contribution in [-0.2, 0) is 6.42 Å². The van der Waals surface area contributed by atoms with Crippen molar-refractivity contribution in [2.45, 2.75) is 19.3 Å². The van der Waals surface area contributed by atoms with Crippen molar-refractivity contribution in [3.8, 4) is 5.75 Å². The van der Waals surface area contributed by atoms with Gasteiger partial charge >= 0.3 is 0 Å². The number of halogens is 1. The summed E-state index contributed by atoms with van der Waals surface area (Å²) in [5.74, 6) is 1.75. The van der Waals surface area contributed by atoms with E-state index in [2.05, 4.69) is 22.9 Å². The zero-order valence-corrected chi connectivity index (χ0v) is 11.6. The van der Waals surface area contributed by atoms with Crippen LogP contribution < -0.4 is 4.74 Å². The predicted molar refractivity (Wildman–Crippen MR) is 73.4 cm³/mol. The van der Waals surface area contributed by atoms with Crippen LogP contribution in [0, 0.1) is 5.92 Å². The fraction of sp³-hybridized carbons (Fsp3) is 0.462. The first-order valence-corrected chi connectivity index (χ1v) is 6.94. The Hall–Kier alpha value is -0.780. The summed E-state index contributed by atoms with van der Waals surface area (Å²) in [4.78, 5) is 12.0. The summed E-state index contributed by atoms with van der Waals surface area (Å²) in [6, 6.07) is 5.79. The van der Waals surface area contributed by atoms with Crippen molar-refractivity contribution in [2.24, 2.45) is 5.92 Å². The van der Waals surface area contributed by atoms with E-state index < -0.39 is 0 Å². The average molecular weight is 343 g/mol. The Balaban J connectivity index is 1.86. The molecule has 0 aromatic heterocycles. The standard InChI is InChI=1S/C13H14INO2/c14-15-7-6-10-11(13(15)16)2-1-3-12(10)17-8-9-4-5-9/h1-3,9H,4-8H2. The van der Waals surface area contributed by atoms with E-state index in [1.54, 1.807) is 3.11 Å². The van der Waals surface area contributed by atoms with E-state index >= 15 is 0 Å². The Bertz CT molecular complexity index is 457. The largest absolute Gasteiger partial charge is 0.493 e. The van der Waals surface area contributed by atoms with Gasteiger partial charge in [-0.05, 0) is 37.3 Å². The number of carbonyl (C=O) groups is 1. The second-order valence-electron chi connectivity index (χ2n) is 4.68. The molecule has 1 aliphatic heterocycles. The molecule has 0 unspecified atom stereocenters. The fourth-order valence-electron chi connectivity index (χ4n) is 2.09. The topological polar surface area (TPSA) is 29.5 Å². The van der Waals surface area contributed by atoms with Crippen LogP contribution in [0.25, 0.3) is 0 Å². The molecule has 1 aliphatic carbocycles. The van der Waals surface area contributed by atoms with Crippen LogP contribution in [-0.4, -0.2) is 22.2 Å². The predicted octanol–water partition coefficient (Wildman–Crippen LogP) is 2.82. The number of hydrogen-bond donors (Lipinski definition) is 0. The average Bonchev–Trinajstić information content (AvgIpc) is 3.15. The zero-order valence-electron chi connectivity index (χ0n) is 9.49. The number of hydrogen-bond acceptors (Lipinski definition) is 2. The molecule has 0 radical (unpaired) electrons. The number of carbonyl (C=O) groups excluding carboxylic acids is 1. The van der Waals surface area contributed by atoms with Gasteiger partial charge in [-0.3, -0.25) is 7.91 Å². The Labute approximate surface area is 115 Å². The highest BCUT2D eigenvalue weighted by Gasteiger charge is 2.26. The Morgan fingerprint density at radius 2 is 2.24 bits per heavy atom. The van der Waals surface area contributed by atoms with Gasteiger partial charge in [-0.15, -0.1) is 0 Å². The van der Waals surface area contributed by atoms with E-state index in [1.807, 2.05) is 18.2 Å². The summed E-state index contributed by atoms with van der Waals surface area (Å²) in [5.41, 5.74) is 1.89. The molecule has 1 saturated carbocycles. The fourth-order valence-corrected chi connectivity index (χ4v) is 2.59. The molecule has 1 heterocycles. The molecule has 0 spiro atoms. The smallest absolute Gasteiger partial charge is 0.262 e. The van der Waals surface area contributed by atoms with Crippen LogP contribution in [0.5, 0.6) is 5.75 Å². The van der Waals surface area contributed by atoms with Crippen LogP contribution in [0.1, 0.15) is 28.8 Å². The molecule has 0 bridgehead atoms. The van der Waals surface area contributed by atoms with E-state index in [0.29, 0.717) is 0 Å². The minimum absolute atomic E-state index is 0.101. The van der Waals surface area contributed by atoms with Gasteiger partial charge < -0.3 is 4.74 Å². The minimum atomic E-state index is 0.101. The van der Waals surface area contributed by atoms with Crippen molar-refractivity contribution in [2.75, 3.05) is 13.2 Å². The maximum Gasteiger partial charge on any atom is 0.262 e. The highest BCUT2D eigenvalue weighted by Crippen LogP contribution is 2.33. The second kappa shape index (κ2) is 4.48. The quantitative estimate of drug-likeness (QED) is 0.624. The van der Waals surface area contributed by atoms with Gasteiger partial charge in [0.2, 0.25) is 0 Å². The summed E-state index contributed by atoms with van der Waals surface area (Å²) in [6.07, 6.45) is 3.47. The summed E-state index contributed by atoms with van der Waals surface area (Å²) in [5, 5.41) is 0. The lowest BCUT2D eigenvalue weighted by Crippen LogP contribution is -2.29. The lowest BCUT2D eigenvalue weighted by Gasteiger charge is -2.24. The van der Waals surface area contributed by atoms with E-state index in [0.717, 1.165) is 42.4 Å². The molecule has 0 N–H and O–H groups in total. The monoisotopic (exact) mass is 343 g/mol. The summed E-state index contributed by atoms with van der Waals surface area (Å²) >= 11 is 2.08. The molecule has 0 atom stereocenters. The van der Waals surface area contributed by atoms with Gasteiger partial charge in [-0.2, -0.15) is 0 Å². The molecular weight excluding hydrogens is 329 g/mol. The van der Waals surface area contributed by atoms with Crippen molar-refractivity contribution in [3.05, 3.63) is 29.3 Å². The van der Waals surface area contributed by atoms with Crippen LogP contribution in [0.15, 0.2) is 18.2 Å². The van der Waals surface area contributed by atoms with E-state index in [1.165, 1.54) is 12.8 Å². The van der Waals surface area contributed by atoms with Crippen LogP contribution in [0.3, 0.4) is 0 Å². The highest BCUT2D eigenvalue weighted by atomic mass is 127. The lowest BCUT2D eigenvalue weighted by molar-refractivity contribution is 0.0877. The van der Waals surface area contributed by atoms with Gasteiger partial charge in [0.15, 0.2) is 0 Å². The van der Waals surface area contributed by atoms with Crippen molar-refractivity contribution in [1.82, 2.24) is 3.11 Å². The number of nitrogens with zero attached hydrogens (tertiary/aromatic N) is 1. The van der Waals surface area contributed by atoms with Crippen LogP contribution in [0.4, 0.5) is 0 Å². The van der Waals surface area contributed by atoms with E-state index in [-0.39, 0.29) is 5.91 Å². The molecule has 0 saturated heterocycles. The SMILES string of the molecule is O=C1c2cccc(OCC3CC3)c2CCN1I. The summed E-state index contributed by atoms with van der Waals surface area (Å²) < 4.78 is 7.58. The Morgan fingerprint density at radius 1 is 1.41 bits per heavy atom. The van der Waals surface area contributed by atoms with Crippen LogP contribution >= 0.6 is 22.9 Å². The lowest BCUT2D eigenvalue weighted by atomic mass is 9.99. The second-order valence-corrected chi connectivity index (χ2v) is 5.84. The van der Waals surface area contributed by atoms with Crippen molar-refractivity contribution >= 4 is 28.8 Å². The van der Waals surface area contributed by atoms with Gasteiger partial charge in [0, 0.05) is 17.7 Å². The summed E-state index contributed by atoms with van der Waals surface area (Å²) in [6.45, 7) is 1.58. The third kappa shape index (κ3) is 2.27. The molecule has 1 aromatic rings. The minimum Gasteiger partial charge on any atom is -0.493 e. The number of rotatable bonds is 3. The van der Waals surface area contributed by atoms with E-state index in [4.69, 9.17) is 4.74 Å². The number of fused-ring (bicyclic) bond motifs is 1. The van der Waals surface area contributed by atoms with Crippen molar-refractivity contribution in [3.63, 3.8) is 0 Å². The number of ether oxygens (including phenoxy) is 1. The molecule has 17 heavy (non-hydrogen) atoms. The van der Waals surface area contributed by atoms with Gasteiger partial charge in [0.1, 0.15) is 5.75 Å². The highest BCUT2D eigenvalue weighted by molar-refractivity contribution is 14.1. The first-order chi connectivity index (χ1) is 8.25. The molecule has 3 nitrogen and oxygen atoms in total. The maximum absolute atomic E-state index is 12.0. The molecule has 2 aliphatic rings. The number of amides is 1. The number of benzene rings is 1. The third-order valence-electron chi connectivity index (χ3n) is 3.31. The first-order valence-electron chi connectivity index (χ1n) is 5.98. The molecule has 90 valence electrons. The normalized spacial score (nSPS) is 19.1. The maximum atomic E-state index is 12.0. The molecule has 1 aromatic carbocycles. The summed E-state index contributed by atoms with van der Waals surface area (Å²) in [7, 11) is 0. The van der Waals surface area contributed by atoms with Gasteiger partial charge in [-0.25, -0.2) is 0 Å². The Kier molecular flexibility index (Phi) is 2.98. The van der Waals surface area contributed by atoms with Gasteiger partial charge in [0.25, 0.3) is 5.91 Å². The molecule has 1 amide bonds. The van der Waals surface area contributed by atoms with E-state index in [9.17, 15) is 4.79 Å². The van der Waals surface area contributed by atoms with Crippen molar-refractivity contribution in [1.29, 1.82) is 0 Å². The molecule has 1 fully saturated rings. The van der Waals surface area contributed by atoms with Gasteiger partial charge in [-0.1, -0.05) is 6.07 Å². The molecule has 4 heteroatoms. The van der Waals surface area contributed by atoms with Gasteiger partial charge in [0.05, 0.1) is 29.5 Å². The first kappa shape index (κ1) is 11.3. The molecule has 3 rings (SSSR count). The Morgan fingerprint density at radius 3 is 3.00 bits per heavy atom. The van der Waals surface area contributed by atoms with Crippen LogP contribution in [0.2, 0.25) is 0 Å². The zero-order chi connectivity index (χ0) is 11.8. The van der Waals surface area contributed by atoms with Crippen molar-refractivity contribution < 1.29 is 9.53 Å². The third-order valence-corrected chi connectivity index (χ3v) is 4.23.